The molecule has 2 aromatic carbocycles. The van der Waals surface area contributed by atoms with Crippen LogP contribution in [0.25, 0.3) is 0 Å². The lowest BCUT2D eigenvalue weighted by molar-refractivity contribution is 0.375. The molecule has 0 N–H and O–H groups in total. The summed E-state index contributed by atoms with van der Waals surface area (Å²) in [5, 5.41) is 4.37. The molecular formula is C16H14Br2N2O2S. The van der Waals surface area contributed by atoms with Gasteiger partial charge in [0, 0.05) is 15.4 Å². The van der Waals surface area contributed by atoms with E-state index in [1.54, 1.807) is 0 Å². The van der Waals surface area contributed by atoms with E-state index in [1.807, 2.05) is 48.5 Å². The normalized spacial score (nSPS) is 18.1. The van der Waals surface area contributed by atoms with Gasteiger partial charge in [0.15, 0.2) is 0 Å². The van der Waals surface area contributed by atoms with Gasteiger partial charge < -0.3 is 0 Å². The monoisotopic (exact) mass is 456 g/mol. The van der Waals surface area contributed by atoms with Gasteiger partial charge in [0.25, 0.3) is 0 Å². The van der Waals surface area contributed by atoms with Crippen molar-refractivity contribution < 1.29 is 8.42 Å². The first-order valence-corrected chi connectivity index (χ1v) is 10.4. The van der Waals surface area contributed by atoms with Crippen molar-refractivity contribution in [2.24, 2.45) is 5.10 Å². The van der Waals surface area contributed by atoms with E-state index >= 15 is 0 Å². The molecule has 4 nitrogen and oxygen atoms in total. The van der Waals surface area contributed by atoms with Crippen LogP contribution in [-0.2, 0) is 10.0 Å². The highest BCUT2D eigenvalue weighted by Crippen LogP contribution is 2.35. The molecule has 7 heteroatoms. The Bertz CT molecular complexity index is 847. The Morgan fingerprint density at radius 1 is 1.00 bits per heavy atom. The van der Waals surface area contributed by atoms with Gasteiger partial charge in [0.2, 0.25) is 10.0 Å². The molecule has 0 fully saturated rings. The minimum atomic E-state index is -3.43. The molecule has 23 heavy (non-hydrogen) atoms. The second-order valence-electron chi connectivity index (χ2n) is 5.36. The molecule has 0 saturated carbocycles. The zero-order valence-electron chi connectivity index (χ0n) is 12.3. The number of hydrogen-bond donors (Lipinski definition) is 0. The summed E-state index contributed by atoms with van der Waals surface area (Å²) in [6.07, 6.45) is 1.74. The summed E-state index contributed by atoms with van der Waals surface area (Å²) >= 11 is 6.80. The first kappa shape index (κ1) is 16.7. The molecule has 1 aliphatic rings. The molecule has 0 spiro atoms. The van der Waals surface area contributed by atoms with Crippen molar-refractivity contribution in [1.82, 2.24) is 4.41 Å². The van der Waals surface area contributed by atoms with Gasteiger partial charge in [-0.15, -0.1) is 0 Å². The quantitative estimate of drug-likeness (QED) is 0.688. The van der Waals surface area contributed by atoms with Gasteiger partial charge >= 0.3 is 0 Å². The molecule has 2 aromatic rings. The second kappa shape index (κ2) is 6.37. The maximum absolute atomic E-state index is 12.1. The third-order valence-electron chi connectivity index (χ3n) is 3.64. The van der Waals surface area contributed by atoms with Crippen molar-refractivity contribution in [3.63, 3.8) is 0 Å². The Labute approximate surface area is 152 Å². The number of hydrogen-bond acceptors (Lipinski definition) is 3. The Kier molecular flexibility index (Phi) is 4.62. The molecule has 120 valence electrons. The number of halogens is 2. The topological polar surface area (TPSA) is 49.7 Å². The van der Waals surface area contributed by atoms with Crippen molar-refractivity contribution in [3.8, 4) is 0 Å². The number of benzene rings is 2. The first-order valence-electron chi connectivity index (χ1n) is 6.93. The van der Waals surface area contributed by atoms with Crippen LogP contribution in [-0.4, -0.2) is 24.8 Å². The van der Waals surface area contributed by atoms with E-state index < -0.39 is 10.0 Å². The van der Waals surface area contributed by atoms with Gasteiger partial charge in [0.1, 0.15) is 0 Å². The Morgan fingerprint density at radius 2 is 1.52 bits per heavy atom. The largest absolute Gasteiger partial charge is 0.247 e. The van der Waals surface area contributed by atoms with E-state index in [4.69, 9.17) is 0 Å². The molecule has 1 heterocycles. The number of sulfonamides is 1. The zero-order chi connectivity index (χ0) is 16.6. The third kappa shape index (κ3) is 3.67. The highest BCUT2D eigenvalue weighted by atomic mass is 79.9. The van der Waals surface area contributed by atoms with Crippen LogP contribution in [0.5, 0.6) is 0 Å². The van der Waals surface area contributed by atoms with Crippen LogP contribution in [0.2, 0.25) is 0 Å². The second-order valence-corrected chi connectivity index (χ2v) is 9.03. The Morgan fingerprint density at radius 3 is 2.04 bits per heavy atom. The lowest BCUT2D eigenvalue weighted by Crippen LogP contribution is -2.25. The molecule has 1 aliphatic heterocycles. The fourth-order valence-electron chi connectivity index (χ4n) is 2.54. The van der Waals surface area contributed by atoms with E-state index in [2.05, 4.69) is 37.0 Å². The van der Waals surface area contributed by atoms with E-state index in [9.17, 15) is 8.42 Å². The molecule has 0 aliphatic carbocycles. The van der Waals surface area contributed by atoms with Crippen LogP contribution in [0.3, 0.4) is 0 Å². The van der Waals surface area contributed by atoms with Crippen molar-refractivity contribution in [1.29, 1.82) is 0 Å². The molecule has 1 atom stereocenters. The predicted octanol–water partition coefficient (Wildman–Crippen LogP) is 4.32. The van der Waals surface area contributed by atoms with Crippen LogP contribution in [0, 0.1) is 0 Å². The van der Waals surface area contributed by atoms with Gasteiger partial charge in [-0.3, -0.25) is 0 Å². The molecule has 0 saturated heterocycles. The molecule has 1 unspecified atom stereocenters. The zero-order valence-corrected chi connectivity index (χ0v) is 16.3. The van der Waals surface area contributed by atoms with E-state index in [1.165, 1.54) is 10.7 Å². The fourth-order valence-corrected chi connectivity index (χ4v) is 3.98. The minimum absolute atomic E-state index is 0.309. The Hall–Kier alpha value is -1.18. The summed E-state index contributed by atoms with van der Waals surface area (Å²) < 4.78 is 27.4. The molecule has 0 amide bonds. The highest BCUT2D eigenvalue weighted by Gasteiger charge is 2.34. The van der Waals surface area contributed by atoms with E-state index in [0.29, 0.717) is 6.42 Å². The fraction of sp³-hybridized carbons (Fsp3) is 0.188. The van der Waals surface area contributed by atoms with Crippen LogP contribution in [0.15, 0.2) is 62.6 Å². The SMILES string of the molecule is CS(=O)(=O)N1N=C(c2ccc(Br)cc2)CC1c1ccc(Br)cc1. The number of rotatable bonds is 3. The molecule has 0 bridgehead atoms. The van der Waals surface area contributed by atoms with E-state index in [-0.39, 0.29) is 6.04 Å². The van der Waals surface area contributed by atoms with Gasteiger partial charge in [0.05, 0.1) is 18.0 Å². The highest BCUT2D eigenvalue weighted by molar-refractivity contribution is 9.10. The van der Waals surface area contributed by atoms with Crippen LogP contribution in [0.4, 0.5) is 0 Å². The summed E-state index contributed by atoms with van der Waals surface area (Å²) in [5.41, 5.74) is 2.63. The van der Waals surface area contributed by atoms with Crippen LogP contribution >= 0.6 is 31.9 Å². The summed E-state index contributed by atoms with van der Waals surface area (Å²) in [4.78, 5) is 0. The summed E-state index contributed by atoms with van der Waals surface area (Å²) in [7, 11) is -3.43. The minimum Gasteiger partial charge on any atom is -0.205 e. The van der Waals surface area contributed by atoms with Crippen LogP contribution in [0.1, 0.15) is 23.6 Å². The van der Waals surface area contributed by atoms with E-state index in [0.717, 1.165) is 25.8 Å². The van der Waals surface area contributed by atoms with Gasteiger partial charge in [-0.1, -0.05) is 56.1 Å². The molecular weight excluding hydrogens is 444 g/mol. The molecule has 3 rings (SSSR count). The summed E-state index contributed by atoms with van der Waals surface area (Å²) in [6.45, 7) is 0. The lowest BCUT2D eigenvalue weighted by Gasteiger charge is -2.21. The van der Waals surface area contributed by atoms with Crippen molar-refractivity contribution >= 4 is 47.6 Å². The van der Waals surface area contributed by atoms with Crippen molar-refractivity contribution in [3.05, 3.63) is 68.6 Å². The smallest absolute Gasteiger partial charge is 0.205 e. The summed E-state index contributed by atoms with van der Waals surface area (Å²) in [5.74, 6) is 0. The van der Waals surface area contributed by atoms with Crippen molar-refractivity contribution in [2.75, 3.05) is 6.26 Å². The summed E-state index contributed by atoms with van der Waals surface area (Å²) in [6, 6.07) is 15.1. The van der Waals surface area contributed by atoms with Crippen LogP contribution < -0.4 is 0 Å². The third-order valence-corrected chi connectivity index (χ3v) is 5.72. The predicted molar refractivity (Wildman–Crippen MR) is 98.9 cm³/mol. The average molecular weight is 458 g/mol. The number of hydrazone groups is 1. The maximum Gasteiger partial charge on any atom is 0.247 e. The number of nitrogens with zero attached hydrogens (tertiary/aromatic N) is 2. The maximum atomic E-state index is 12.1. The molecule has 0 aromatic heterocycles. The molecule has 0 radical (unpaired) electrons. The standard InChI is InChI=1S/C16H14Br2N2O2S/c1-23(21,22)20-16(12-4-8-14(18)9-5-12)10-15(19-20)11-2-6-13(17)7-3-11/h2-9,16H,10H2,1H3. The van der Waals surface area contributed by atoms with Crippen molar-refractivity contribution in [2.45, 2.75) is 12.5 Å². The van der Waals surface area contributed by atoms with Gasteiger partial charge in [-0.05, 0) is 35.4 Å². The Balaban J connectivity index is 1.99. The lowest BCUT2D eigenvalue weighted by atomic mass is 9.99. The van der Waals surface area contributed by atoms with Gasteiger partial charge in [-0.2, -0.15) is 9.52 Å². The first-order chi connectivity index (χ1) is 10.8. The van der Waals surface area contributed by atoms with Gasteiger partial charge in [-0.25, -0.2) is 8.42 Å². The average Bonchev–Trinajstić information content (AvgIpc) is 2.94.